The minimum atomic E-state index is -0.273. The number of hydrogen-bond acceptors (Lipinski definition) is 3. The third-order valence-electron chi connectivity index (χ3n) is 4.59. The van der Waals surface area contributed by atoms with E-state index in [4.69, 9.17) is 12.2 Å². The van der Waals surface area contributed by atoms with Gasteiger partial charge in [-0.1, -0.05) is 12.1 Å². The van der Waals surface area contributed by atoms with Gasteiger partial charge in [0.2, 0.25) is 0 Å². The highest BCUT2D eigenvalue weighted by Crippen LogP contribution is 2.36. The molecule has 140 valence electrons. The summed E-state index contributed by atoms with van der Waals surface area (Å²) in [5.41, 5.74) is 5.58. The normalized spacial score (nSPS) is 10.8. The van der Waals surface area contributed by atoms with Crippen LogP contribution in [0.2, 0.25) is 0 Å². The quantitative estimate of drug-likeness (QED) is 0.470. The maximum absolute atomic E-state index is 13.5. The molecule has 4 rings (SSSR count). The Morgan fingerprint density at radius 2 is 1.61 bits per heavy atom. The number of rotatable bonds is 4. The van der Waals surface area contributed by atoms with Crippen molar-refractivity contribution in [2.24, 2.45) is 0 Å². The van der Waals surface area contributed by atoms with Gasteiger partial charge in [-0.2, -0.15) is 0 Å². The Labute approximate surface area is 167 Å². The molecule has 6 heteroatoms. The topological polar surface area (TPSA) is 36.9 Å². The van der Waals surface area contributed by atoms with E-state index in [9.17, 15) is 4.39 Å². The van der Waals surface area contributed by atoms with Crippen LogP contribution in [0.25, 0.3) is 28.2 Å². The third kappa shape index (κ3) is 3.23. The fraction of sp³-hybridized carbons (Fsp3) is 0.0909. The molecule has 2 aromatic carbocycles. The van der Waals surface area contributed by atoms with E-state index in [-0.39, 0.29) is 5.82 Å². The zero-order valence-corrected chi connectivity index (χ0v) is 16.4. The van der Waals surface area contributed by atoms with Crippen molar-refractivity contribution in [2.45, 2.75) is 0 Å². The van der Waals surface area contributed by atoms with Crippen LogP contribution in [0.15, 0.2) is 73.1 Å². The Morgan fingerprint density at radius 1 is 0.929 bits per heavy atom. The number of pyridine rings is 1. The van der Waals surface area contributed by atoms with Crippen molar-refractivity contribution in [2.75, 3.05) is 19.0 Å². The van der Waals surface area contributed by atoms with Gasteiger partial charge >= 0.3 is 0 Å². The van der Waals surface area contributed by atoms with Crippen molar-refractivity contribution in [1.29, 1.82) is 0 Å². The Balaban J connectivity index is 2.06. The van der Waals surface area contributed by atoms with E-state index in [1.165, 1.54) is 12.1 Å². The van der Waals surface area contributed by atoms with Gasteiger partial charge in [0.05, 0.1) is 22.8 Å². The minimum Gasteiger partial charge on any atom is -0.376 e. The number of hydrogen-bond donors (Lipinski definition) is 1. The van der Waals surface area contributed by atoms with Crippen LogP contribution in [-0.4, -0.2) is 28.6 Å². The van der Waals surface area contributed by atoms with Gasteiger partial charge in [0.1, 0.15) is 5.82 Å². The molecule has 0 aliphatic heterocycles. The van der Waals surface area contributed by atoms with Gasteiger partial charge < -0.3 is 9.88 Å². The van der Waals surface area contributed by atoms with E-state index in [1.807, 2.05) is 49.0 Å². The van der Waals surface area contributed by atoms with Crippen LogP contribution in [0.3, 0.4) is 0 Å². The molecule has 0 fully saturated rings. The lowest BCUT2D eigenvalue weighted by Gasteiger charge is -2.19. The van der Waals surface area contributed by atoms with Gasteiger partial charge in [0.25, 0.3) is 0 Å². The number of benzene rings is 2. The van der Waals surface area contributed by atoms with Gasteiger partial charge in [-0.3, -0.25) is 9.55 Å². The van der Waals surface area contributed by atoms with Crippen LogP contribution in [0, 0.1) is 10.6 Å². The number of aromatic nitrogens is 3. The molecule has 0 aliphatic rings. The maximum atomic E-state index is 13.5. The molecule has 0 amide bonds. The maximum Gasteiger partial charge on any atom is 0.182 e. The minimum absolute atomic E-state index is 0.273. The number of anilines is 1. The van der Waals surface area contributed by atoms with Crippen LogP contribution in [0.1, 0.15) is 0 Å². The van der Waals surface area contributed by atoms with Crippen LogP contribution in [-0.2, 0) is 0 Å². The third-order valence-corrected chi connectivity index (χ3v) is 4.87. The number of H-pyrrole nitrogens is 1. The molecule has 0 bridgehead atoms. The van der Waals surface area contributed by atoms with Gasteiger partial charge in [-0.15, -0.1) is 0 Å². The summed E-state index contributed by atoms with van der Waals surface area (Å²) < 4.78 is 16.1. The number of nitrogens with one attached hydrogen (secondary N) is 1. The summed E-state index contributed by atoms with van der Waals surface area (Å²) in [7, 11) is 4.00. The summed E-state index contributed by atoms with van der Waals surface area (Å²) in [6.45, 7) is 0. The number of para-hydroxylation sites is 2. The average Bonchev–Trinajstić information content (AvgIpc) is 3.06. The first-order chi connectivity index (χ1) is 13.6. The molecule has 0 aliphatic carbocycles. The van der Waals surface area contributed by atoms with E-state index in [0.717, 1.165) is 33.9 Å². The Morgan fingerprint density at radius 3 is 2.29 bits per heavy atom. The van der Waals surface area contributed by atoms with E-state index < -0.39 is 0 Å². The molecular weight excluding hydrogens is 371 g/mol. The van der Waals surface area contributed by atoms with Gasteiger partial charge in [0, 0.05) is 37.6 Å². The largest absolute Gasteiger partial charge is 0.376 e. The van der Waals surface area contributed by atoms with E-state index in [1.54, 1.807) is 24.5 Å². The second-order valence-corrected chi connectivity index (χ2v) is 7.00. The highest BCUT2D eigenvalue weighted by atomic mass is 32.1. The molecule has 2 heterocycles. The molecule has 0 unspecified atom stereocenters. The van der Waals surface area contributed by atoms with Crippen LogP contribution in [0.4, 0.5) is 10.1 Å². The van der Waals surface area contributed by atoms with Gasteiger partial charge in [0.15, 0.2) is 4.77 Å². The van der Waals surface area contributed by atoms with E-state index in [0.29, 0.717) is 4.77 Å². The number of halogens is 1. The highest BCUT2D eigenvalue weighted by molar-refractivity contribution is 7.71. The molecule has 4 aromatic rings. The standard InChI is InChI=1S/C22H19FN4S/c1-26(2)18-5-3-4-6-19(18)27-21(16-11-13-24-14-12-16)20(25-22(27)28)15-7-9-17(23)10-8-15/h3-14H,1-2H3,(H,25,28). The first kappa shape index (κ1) is 18.1. The summed E-state index contributed by atoms with van der Waals surface area (Å²) in [5.74, 6) is -0.273. The van der Waals surface area contributed by atoms with Crippen molar-refractivity contribution in [3.8, 4) is 28.2 Å². The second-order valence-electron chi connectivity index (χ2n) is 6.62. The summed E-state index contributed by atoms with van der Waals surface area (Å²) in [4.78, 5) is 9.52. The van der Waals surface area contributed by atoms with Gasteiger partial charge in [-0.05, 0) is 60.7 Å². The molecule has 1 N–H and O–H groups in total. The summed E-state index contributed by atoms with van der Waals surface area (Å²) in [6.07, 6.45) is 3.50. The summed E-state index contributed by atoms with van der Waals surface area (Å²) in [5, 5.41) is 0. The number of aromatic amines is 1. The molecule has 4 nitrogen and oxygen atoms in total. The lowest BCUT2D eigenvalue weighted by atomic mass is 10.1. The Bertz CT molecular complexity index is 1160. The van der Waals surface area contributed by atoms with Crippen LogP contribution < -0.4 is 4.90 Å². The lowest BCUT2D eigenvalue weighted by molar-refractivity contribution is 0.628. The van der Waals surface area contributed by atoms with E-state index in [2.05, 4.69) is 20.9 Å². The smallest absolute Gasteiger partial charge is 0.182 e. The molecule has 28 heavy (non-hydrogen) atoms. The van der Waals surface area contributed by atoms with Crippen LogP contribution in [0.5, 0.6) is 0 Å². The van der Waals surface area contributed by atoms with Crippen molar-refractivity contribution >= 4 is 17.9 Å². The van der Waals surface area contributed by atoms with Crippen molar-refractivity contribution in [3.05, 3.63) is 83.6 Å². The van der Waals surface area contributed by atoms with E-state index >= 15 is 0 Å². The zero-order valence-electron chi connectivity index (χ0n) is 15.6. The number of nitrogens with zero attached hydrogens (tertiary/aromatic N) is 3. The monoisotopic (exact) mass is 390 g/mol. The predicted octanol–water partition coefficient (Wildman–Crippen LogP) is 5.47. The molecular formula is C22H19FN4S. The van der Waals surface area contributed by atoms with Crippen LogP contribution >= 0.6 is 12.2 Å². The first-order valence-corrected chi connectivity index (χ1v) is 9.25. The second kappa shape index (κ2) is 7.40. The zero-order chi connectivity index (χ0) is 19.7. The summed E-state index contributed by atoms with van der Waals surface area (Å²) >= 11 is 5.71. The molecule has 0 saturated carbocycles. The molecule has 0 saturated heterocycles. The Hall–Kier alpha value is -3.25. The number of imidazole rings is 1. The molecule has 2 aromatic heterocycles. The fourth-order valence-electron chi connectivity index (χ4n) is 3.31. The molecule has 0 atom stereocenters. The van der Waals surface area contributed by atoms with Crippen molar-refractivity contribution in [1.82, 2.24) is 14.5 Å². The highest BCUT2D eigenvalue weighted by Gasteiger charge is 2.19. The predicted molar refractivity (Wildman–Crippen MR) is 114 cm³/mol. The molecule has 0 radical (unpaired) electrons. The lowest BCUT2D eigenvalue weighted by Crippen LogP contribution is -2.12. The first-order valence-electron chi connectivity index (χ1n) is 8.84. The Kier molecular flexibility index (Phi) is 4.79. The SMILES string of the molecule is CN(C)c1ccccc1-n1c(-c2ccncc2)c(-c2ccc(F)cc2)[nH]c1=S. The summed E-state index contributed by atoms with van der Waals surface area (Å²) in [6, 6.07) is 18.4. The molecule has 0 spiro atoms. The van der Waals surface area contributed by atoms with Crippen molar-refractivity contribution < 1.29 is 4.39 Å². The fourth-order valence-corrected chi connectivity index (χ4v) is 3.60. The van der Waals surface area contributed by atoms with Crippen molar-refractivity contribution in [3.63, 3.8) is 0 Å². The average molecular weight is 390 g/mol. The van der Waals surface area contributed by atoms with Gasteiger partial charge in [-0.25, -0.2) is 4.39 Å².